The Balaban J connectivity index is 3.20. The monoisotopic (exact) mass is 166 g/mol. The van der Waals surface area contributed by atoms with Crippen LogP contribution in [0.5, 0.6) is 0 Å². The molecule has 0 aliphatic carbocycles. The zero-order valence-electron chi connectivity index (χ0n) is 6.31. The number of hydrogen-bond donors (Lipinski definition) is 1. The highest BCUT2D eigenvalue weighted by molar-refractivity contribution is 5.88. The summed E-state index contributed by atoms with van der Waals surface area (Å²) in [5.41, 5.74) is 0.306. The van der Waals surface area contributed by atoms with Crippen molar-refractivity contribution in [2.45, 2.75) is 6.92 Å². The van der Waals surface area contributed by atoms with Crippen molar-refractivity contribution in [2.75, 3.05) is 0 Å². The van der Waals surface area contributed by atoms with Crippen LogP contribution in [0.3, 0.4) is 0 Å². The van der Waals surface area contributed by atoms with Crippen molar-refractivity contribution in [1.82, 2.24) is 9.97 Å². The minimum absolute atomic E-state index is 0.00231. The van der Waals surface area contributed by atoms with Gasteiger partial charge in [-0.05, 0) is 6.92 Å². The Labute approximate surface area is 68.1 Å². The third-order valence-corrected chi connectivity index (χ3v) is 1.33. The van der Waals surface area contributed by atoms with E-state index in [0.29, 0.717) is 12.0 Å². The van der Waals surface area contributed by atoms with E-state index in [1.165, 1.54) is 6.92 Å². The van der Waals surface area contributed by atoms with Crippen LogP contribution in [-0.2, 0) is 0 Å². The first kappa shape index (κ1) is 8.32. The lowest BCUT2D eigenvalue weighted by Crippen LogP contribution is -2.05. The lowest BCUT2D eigenvalue weighted by Gasteiger charge is -1.97. The molecule has 0 bridgehead atoms. The van der Waals surface area contributed by atoms with Crippen molar-refractivity contribution >= 4 is 12.3 Å². The fourth-order valence-electron chi connectivity index (χ4n) is 0.752. The Hall–Kier alpha value is -1.78. The zero-order chi connectivity index (χ0) is 9.14. The van der Waals surface area contributed by atoms with E-state index in [-0.39, 0.29) is 11.4 Å². The molecule has 0 aliphatic rings. The highest BCUT2D eigenvalue weighted by atomic mass is 16.4. The molecule has 5 nitrogen and oxygen atoms in total. The van der Waals surface area contributed by atoms with Crippen molar-refractivity contribution in [1.29, 1.82) is 0 Å². The van der Waals surface area contributed by atoms with Crippen LogP contribution in [0.15, 0.2) is 6.20 Å². The number of carboxylic acids is 1. The van der Waals surface area contributed by atoms with E-state index < -0.39 is 5.97 Å². The normalized spacial score (nSPS) is 9.42. The molecule has 0 amide bonds. The topological polar surface area (TPSA) is 80.2 Å². The number of hydrogen-bond acceptors (Lipinski definition) is 4. The van der Waals surface area contributed by atoms with E-state index in [1.807, 2.05) is 0 Å². The largest absolute Gasteiger partial charge is 0.478 e. The molecule has 5 heteroatoms. The summed E-state index contributed by atoms with van der Waals surface area (Å²) in [6.45, 7) is 1.51. The van der Waals surface area contributed by atoms with Gasteiger partial charge in [0.15, 0.2) is 12.1 Å². The van der Waals surface area contributed by atoms with Gasteiger partial charge in [-0.15, -0.1) is 0 Å². The SMILES string of the molecule is Cc1nc(C=O)ncc1C(=O)O. The summed E-state index contributed by atoms with van der Waals surface area (Å²) in [5.74, 6) is -1.09. The molecule has 0 spiro atoms. The Morgan fingerprint density at radius 3 is 2.75 bits per heavy atom. The number of aromatic carboxylic acids is 1. The van der Waals surface area contributed by atoms with Crippen LogP contribution in [0.25, 0.3) is 0 Å². The molecule has 1 aromatic heterocycles. The average molecular weight is 166 g/mol. The Kier molecular flexibility index (Phi) is 2.14. The minimum Gasteiger partial charge on any atom is -0.478 e. The van der Waals surface area contributed by atoms with Gasteiger partial charge in [-0.1, -0.05) is 0 Å². The standard InChI is InChI=1S/C7H6N2O3/c1-4-5(7(11)12)2-8-6(3-10)9-4/h2-3H,1H3,(H,11,12). The molecule has 0 radical (unpaired) electrons. The summed E-state index contributed by atoms with van der Waals surface area (Å²) in [6.07, 6.45) is 1.59. The molecule has 1 rings (SSSR count). The Bertz CT molecular complexity index is 335. The third kappa shape index (κ3) is 1.45. The molecule has 0 saturated carbocycles. The number of carbonyl (C=O) groups is 2. The molecule has 1 heterocycles. The van der Waals surface area contributed by atoms with Crippen molar-refractivity contribution in [3.63, 3.8) is 0 Å². The van der Waals surface area contributed by atoms with Crippen LogP contribution in [0, 0.1) is 6.92 Å². The maximum Gasteiger partial charge on any atom is 0.339 e. The molecule has 0 fully saturated rings. The van der Waals surface area contributed by atoms with Gasteiger partial charge in [0.25, 0.3) is 0 Å². The van der Waals surface area contributed by atoms with Crippen molar-refractivity contribution in [2.24, 2.45) is 0 Å². The first-order valence-electron chi connectivity index (χ1n) is 3.17. The fraction of sp³-hybridized carbons (Fsp3) is 0.143. The van der Waals surface area contributed by atoms with Crippen molar-refractivity contribution in [3.05, 3.63) is 23.3 Å². The number of carbonyl (C=O) groups excluding carboxylic acids is 1. The van der Waals surface area contributed by atoms with E-state index in [4.69, 9.17) is 5.11 Å². The molecule has 0 aromatic carbocycles. The van der Waals surface area contributed by atoms with Gasteiger partial charge in [-0.25, -0.2) is 14.8 Å². The molecule has 0 atom stereocenters. The number of carboxylic acid groups (broad SMARTS) is 1. The van der Waals surface area contributed by atoms with Crippen LogP contribution in [-0.4, -0.2) is 27.3 Å². The van der Waals surface area contributed by atoms with Gasteiger partial charge in [0.2, 0.25) is 0 Å². The second-order valence-corrected chi connectivity index (χ2v) is 2.15. The first-order chi connectivity index (χ1) is 5.65. The summed E-state index contributed by atoms with van der Waals surface area (Å²) < 4.78 is 0. The summed E-state index contributed by atoms with van der Waals surface area (Å²) in [7, 11) is 0. The van der Waals surface area contributed by atoms with Gasteiger partial charge in [-0.2, -0.15) is 0 Å². The Morgan fingerprint density at radius 2 is 2.33 bits per heavy atom. The summed E-state index contributed by atoms with van der Waals surface area (Å²) in [4.78, 5) is 27.8. The molecule has 12 heavy (non-hydrogen) atoms. The molecule has 0 aliphatic heterocycles. The van der Waals surface area contributed by atoms with Crippen LogP contribution >= 0.6 is 0 Å². The number of aryl methyl sites for hydroxylation is 1. The van der Waals surface area contributed by atoms with Gasteiger partial charge < -0.3 is 5.11 Å². The smallest absolute Gasteiger partial charge is 0.339 e. The van der Waals surface area contributed by atoms with Gasteiger partial charge in [0.05, 0.1) is 11.3 Å². The predicted octanol–water partition coefficient (Wildman–Crippen LogP) is 0.296. The van der Waals surface area contributed by atoms with E-state index in [0.717, 1.165) is 6.20 Å². The molecule has 1 N–H and O–H groups in total. The van der Waals surface area contributed by atoms with E-state index >= 15 is 0 Å². The van der Waals surface area contributed by atoms with Gasteiger partial charge in [0.1, 0.15) is 0 Å². The van der Waals surface area contributed by atoms with Crippen LogP contribution in [0.2, 0.25) is 0 Å². The number of aromatic nitrogens is 2. The van der Waals surface area contributed by atoms with Gasteiger partial charge >= 0.3 is 5.97 Å². The van der Waals surface area contributed by atoms with Gasteiger partial charge in [-0.3, -0.25) is 4.79 Å². The second-order valence-electron chi connectivity index (χ2n) is 2.15. The highest BCUT2D eigenvalue weighted by Crippen LogP contribution is 2.02. The Morgan fingerprint density at radius 1 is 1.67 bits per heavy atom. The second kappa shape index (κ2) is 3.08. The fourth-order valence-corrected chi connectivity index (χ4v) is 0.752. The number of aldehydes is 1. The summed E-state index contributed by atoms with van der Waals surface area (Å²) >= 11 is 0. The molecular weight excluding hydrogens is 160 g/mol. The number of nitrogens with zero attached hydrogens (tertiary/aromatic N) is 2. The highest BCUT2D eigenvalue weighted by Gasteiger charge is 2.08. The quantitative estimate of drug-likeness (QED) is 0.639. The lowest BCUT2D eigenvalue weighted by molar-refractivity contribution is 0.0694. The molecule has 1 aromatic rings. The van der Waals surface area contributed by atoms with E-state index in [1.54, 1.807) is 0 Å². The third-order valence-electron chi connectivity index (χ3n) is 1.33. The summed E-state index contributed by atoms with van der Waals surface area (Å²) in [6, 6.07) is 0. The van der Waals surface area contributed by atoms with Crippen LogP contribution in [0.4, 0.5) is 0 Å². The predicted molar refractivity (Wildman–Crippen MR) is 39.1 cm³/mol. The van der Waals surface area contributed by atoms with Crippen LogP contribution < -0.4 is 0 Å². The first-order valence-corrected chi connectivity index (χ1v) is 3.17. The van der Waals surface area contributed by atoms with Crippen molar-refractivity contribution in [3.8, 4) is 0 Å². The van der Waals surface area contributed by atoms with Crippen LogP contribution in [0.1, 0.15) is 26.7 Å². The van der Waals surface area contributed by atoms with Gasteiger partial charge in [0, 0.05) is 6.20 Å². The average Bonchev–Trinajstić information content (AvgIpc) is 2.03. The molecule has 0 unspecified atom stereocenters. The minimum atomic E-state index is -1.09. The number of rotatable bonds is 2. The maximum absolute atomic E-state index is 10.5. The maximum atomic E-state index is 10.5. The summed E-state index contributed by atoms with van der Waals surface area (Å²) in [5, 5.41) is 8.56. The zero-order valence-corrected chi connectivity index (χ0v) is 6.31. The van der Waals surface area contributed by atoms with Crippen molar-refractivity contribution < 1.29 is 14.7 Å². The lowest BCUT2D eigenvalue weighted by atomic mass is 10.2. The molecule has 62 valence electrons. The molecular formula is C7H6N2O3. The molecule has 0 saturated heterocycles. The van der Waals surface area contributed by atoms with E-state index in [2.05, 4.69) is 9.97 Å². The van der Waals surface area contributed by atoms with E-state index in [9.17, 15) is 9.59 Å².